The molecule has 0 fully saturated rings. The zero-order valence-electron chi connectivity index (χ0n) is 8.40. The number of nitrogens with zero attached hydrogens (tertiary/aromatic N) is 2. The highest BCUT2D eigenvalue weighted by molar-refractivity contribution is 7.99. The molecular weight excluding hydrogens is 228 g/mol. The fourth-order valence-electron chi connectivity index (χ4n) is 1.74. The molecule has 0 bridgehead atoms. The second-order valence-corrected chi connectivity index (χ2v) is 4.99. The standard InChI is InChI=1S/C11H11ClN2S/c1-14-8(5-6-13)7-15-10-4-2-3-9(12)11(10)14/h2-4,8H,5,7H2,1H3. The van der Waals surface area contributed by atoms with Gasteiger partial charge in [0.05, 0.1) is 29.2 Å². The molecule has 1 aromatic carbocycles. The van der Waals surface area contributed by atoms with Gasteiger partial charge in [-0.25, -0.2) is 0 Å². The highest BCUT2D eigenvalue weighted by atomic mass is 35.5. The average molecular weight is 239 g/mol. The van der Waals surface area contributed by atoms with Crippen molar-refractivity contribution in [2.75, 3.05) is 17.7 Å². The Hall–Kier alpha value is -0.850. The minimum atomic E-state index is 0.271. The molecule has 2 nitrogen and oxygen atoms in total. The first-order chi connectivity index (χ1) is 7.24. The average Bonchev–Trinajstić information content (AvgIpc) is 2.22. The number of benzene rings is 1. The van der Waals surface area contributed by atoms with Crippen LogP contribution in [0.5, 0.6) is 0 Å². The van der Waals surface area contributed by atoms with Crippen molar-refractivity contribution >= 4 is 29.1 Å². The fourth-order valence-corrected chi connectivity index (χ4v) is 3.38. The van der Waals surface area contributed by atoms with Crippen molar-refractivity contribution in [3.8, 4) is 6.07 Å². The molecule has 1 aromatic rings. The summed E-state index contributed by atoms with van der Waals surface area (Å²) >= 11 is 7.94. The molecule has 0 amide bonds. The van der Waals surface area contributed by atoms with Gasteiger partial charge < -0.3 is 4.90 Å². The van der Waals surface area contributed by atoms with Gasteiger partial charge in [0.1, 0.15) is 0 Å². The molecule has 0 saturated heterocycles. The van der Waals surface area contributed by atoms with E-state index in [1.54, 1.807) is 11.8 Å². The molecule has 0 aliphatic carbocycles. The van der Waals surface area contributed by atoms with E-state index in [2.05, 4.69) is 17.0 Å². The molecule has 1 unspecified atom stereocenters. The lowest BCUT2D eigenvalue weighted by atomic mass is 10.2. The Morgan fingerprint density at radius 3 is 3.20 bits per heavy atom. The van der Waals surface area contributed by atoms with Crippen LogP contribution in [0.1, 0.15) is 6.42 Å². The van der Waals surface area contributed by atoms with E-state index >= 15 is 0 Å². The number of anilines is 1. The molecule has 1 atom stereocenters. The first-order valence-corrected chi connectivity index (χ1v) is 6.11. The van der Waals surface area contributed by atoms with Gasteiger partial charge in [-0.05, 0) is 12.1 Å². The number of hydrogen-bond acceptors (Lipinski definition) is 3. The summed E-state index contributed by atoms with van der Waals surface area (Å²) < 4.78 is 0. The first kappa shape index (κ1) is 10.7. The van der Waals surface area contributed by atoms with E-state index in [9.17, 15) is 0 Å². The highest BCUT2D eigenvalue weighted by Gasteiger charge is 2.25. The summed E-state index contributed by atoms with van der Waals surface area (Å²) in [6.07, 6.45) is 0.550. The zero-order chi connectivity index (χ0) is 10.8. The summed E-state index contributed by atoms with van der Waals surface area (Å²) in [6, 6.07) is 8.43. The summed E-state index contributed by atoms with van der Waals surface area (Å²) in [6.45, 7) is 0. The van der Waals surface area contributed by atoms with E-state index in [-0.39, 0.29) is 6.04 Å². The molecule has 1 heterocycles. The zero-order valence-corrected chi connectivity index (χ0v) is 9.98. The summed E-state index contributed by atoms with van der Waals surface area (Å²) in [5.41, 5.74) is 1.07. The second-order valence-electron chi connectivity index (χ2n) is 3.52. The maximum Gasteiger partial charge on any atom is 0.0694 e. The highest BCUT2D eigenvalue weighted by Crippen LogP contribution is 2.41. The van der Waals surface area contributed by atoms with Crippen molar-refractivity contribution in [2.24, 2.45) is 0 Å². The predicted molar refractivity (Wildman–Crippen MR) is 64.6 cm³/mol. The van der Waals surface area contributed by atoms with Crippen LogP contribution < -0.4 is 4.90 Å². The lowest BCUT2D eigenvalue weighted by Crippen LogP contribution is -2.36. The van der Waals surface area contributed by atoms with Gasteiger partial charge in [0.2, 0.25) is 0 Å². The lowest BCUT2D eigenvalue weighted by molar-refractivity contribution is 0.698. The predicted octanol–water partition coefficient (Wildman–Crippen LogP) is 3.16. The lowest BCUT2D eigenvalue weighted by Gasteiger charge is -2.34. The number of rotatable bonds is 1. The Bertz CT molecular complexity index is 414. The van der Waals surface area contributed by atoms with Crippen LogP contribution in [0.15, 0.2) is 23.1 Å². The second kappa shape index (κ2) is 4.34. The number of halogens is 1. The van der Waals surface area contributed by atoms with Crippen molar-refractivity contribution in [3.05, 3.63) is 23.2 Å². The molecule has 0 saturated carbocycles. The van der Waals surface area contributed by atoms with Crippen molar-refractivity contribution in [2.45, 2.75) is 17.4 Å². The third-order valence-electron chi connectivity index (χ3n) is 2.61. The molecule has 2 rings (SSSR count). The van der Waals surface area contributed by atoms with Gasteiger partial charge in [0.15, 0.2) is 0 Å². The minimum absolute atomic E-state index is 0.271. The minimum Gasteiger partial charge on any atom is -0.368 e. The van der Waals surface area contributed by atoms with Crippen molar-refractivity contribution in [3.63, 3.8) is 0 Å². The Balaban J connectivity index is 2.37. The van der Waals surface area contributed by atoms with Crippen LogP contribution in [0, 0.1) is 11.3 Å². The van der Waals surface area contributed by atoms with Crippen LogP contribution in [0.3, 0.4) is 0 Å². The van der Waals surface area contributed by atoms with Crippen LogP contribution in [-0.2, 0) is 0 Å². The first-order valence-electron chi connectivity index (χ1n) is 4.75. The van der Waals surface area contributed by atoms with Gasteiger partial charge in [0.25, 0.3) is 0 Å². The van der Waals surface area contributed by atoms with E-state index in [1.165, 1.54) is 4.90 Å². The van der Waals surface area contributed by atoms with Gasteiger partial charge in [0, 0.05) is 17.7 Å². The summed E-state index contributed by atoms with van der Waals surface area (Å²) in [5.74, 6) is 0.956. The Morgan fingerprint density at radius 1 is 1.67 bits per heavy atom. The van der Waals surface area contributed by atoms with E-state index in [0.29, 0.717) is 6.42 Å². The number of thioether (sulfide) groups is 1. The fraction of sp³-hybridized carbons (Fsp3) is 0.364. The quantitative estimate of drug-likeness (QED) is 0.752. The molecule has 0 aromatic heterocycles. The molecule has 0 radical (unpaired) electrons. The smallest absolute Gasteiger partial charge is 0.0694 e. The van der Waals surface area contributed by atoms with Gasteiger partial charge >= 0.3 is 0 Å². The molecular formula is C11H11ClN2S. The SMILES string of the molecule is CN1c2c(Cl)cccc2SCC1CC#N. The van der Waals surface area contributed by atoms with E-state index in [0.717, 1.165) is 16.5 Å². The van der Waals surface area contributed by atoms with Crippen LogP contribution >= 0.6 is 23.4 Å². The summed E-state index contributed by atoms with van der Waals surface area (Å²) in [7, 11) is 2.01. The number of hydrogen-bond donors (Lipinski definition) is 0. The maximum absolute atomic E-state index is 8.73. The molecule has 4 heteroatoms. The van der Waals surface area contributed by atoms with E-state index in [4.69, 9.17) is 16.9 Å². The third-order valence-corrected chi connectivity index (χ3v) is 4.11. The van der Waals surface area contributed by atoms with Gasteiger partial charge in [-0.2, -0.15) is 5.26 Å². The Labute approximate surface area is 98.8 Å². The van der Waals surface area contributed by atoms with Gasteiger partial charge in [-0.15, -0.1) is 11.8 Å². The summed E-state index contributed by atoms with van der Waals surface area (Å²) in [5, 5.41) is 9.50. The number of nitriles is 1. The Kier molecular flexibility index (Phi) is 3.08. The molecule has 0 N–H and O–H groups in total. The molecule has 15 heavy (non-hydrogen) atoms. The molecule has 78 valence electrons. The molecule has 0 spiro atoms. The van der Waals surface area contributed by atoms with Gasteiger partial charge in [-0.1, -0.05) is 17.7 Å². The van der Waals surface area contributed by atoms with Gasteiger partial charge in [-0.3, -0.25) is 0 Å². The third kappa shape index (κ3) is 1.92. The topological polar surface area (TPSA) is 27.0 Å². The number of fused-ring (bicyclic) bond motifs is 1. The number of para-hydroxylation sites is 1. The van der Waals surface area contributed by atoms with Crippen LogP contribution in [0.25, 0.3) is 0 Å². The van der Waals surface area contributed by atoms with E-state index in [1.807, 2.05) is 19.2 Å². The molecule has 1 aliphatic heterocycles. The van der Waals surface area contributed by atoms with E-state index < -0.39 is 0 Å². The summed E-state index contributed by atoms with van der Waals surface area (Å²) in [4.78, 5) is 3.33. The van der Waals surface area contributed by atoms with Crippen molar-refractivity contribution in [1.82, 2.24) is 0 Å². The molecule has 1 aliphatic rings. The Morgan fingerprint density at radius 2 is 2.47 bits per heavy atom. The maximum atomic E-state index is 8.73. The van der Waals surface area contributed by atoms with Crippen molar-refractivity contribution < 1.29 is 0 Å². The normalized spacial score (nSPS) is 19.5. The van der Waals surface area contributed by atoms with Crippen molar-refractivity contribution in [1.29, 1.82) is 5.26 Å². The largest absolute Gasteiger partial charge is 0.368 e. The monoisotopic (exact) mass is 238 g/mol. The van der Waals surface area contributed by atoms with Crippen LogP contribution in [0.2, 0.25) is 5.02 Å². The van der Waals surface area contributed by atoms with Crippen LogP contribution in [0.4, 0.5) is 5.69 Å². The van der Waals surface area contributed by atoms with Crippen LogP contribution in [-0.4, -0.2) is 18.8 Å².